The van der Waals surface area contributed by atoms with Crippen LogP contribution in [0.25, 0.3) is 6.08 Å². The predicted molar refractivity (Wildman–Crippen MR) is 62.2 cm³/mol. The Kier molecular flexibility index (Phi) is 2.01. The highest BCUT2D eigenvalue weighted by molar-refractivity contribution is 5.75. The van der Waals surface area contributed by atoms with Gasteiger partial charge >= 0.3 is 0 Å². The molecule has 0 saturated heterocycles. The Morgan fingerprint density at radius 2 is 1.79 bits per heavy atom. The highest BCUT2D eigenvalue weighted by Gasteiger charge is 2.12. The van der Waals surface area contributed by atoms with Crippen LogP contribution in [0.2, 0.25) is 0 Å². The van der Waals surface area contributed by atoms with Gasteiger partial charge in [-0.15, -0.1) is 0 Å². The molecule has 1 heterocycles. The van der Waals surface area contributed by atoms with Crippen LogP contribution in [-0.2, 0) is 0 Å². The highest BCUT2D eigenvalue weighted by atomic mass is 15.1. The van der Waals surface area contributed by atoms with Crippen LogP contribution in [0.3, 0.4) is 0 Å². The summed E-state index contributed by atoms with van der Waals surface area (Å²) < 4.78 is 0. The number of hydrogen-bond acceptors (Lipinski definition) is 1. The number of allylic oxidation sites excluding steroid dienone is 1. The van der Waals surface area contributed by atoms with Crippen molar-refractivity contribution in [3.8, 4) is 0 Å². The molecule has 2 rings (SSSR count). The molecule has 0 spiro atoms. The largest absolute Gasteiger partial charge is 0.344 e. The summed E-state index contributed by atoms with van der Waals surface area (Å²) >= 11 is 0. The molecule has 0 saturated carbocycles. The van der Waals surface area contributed by atoms with Crippen molar-refractivity contribution in [1.82, 2.24) is 0 Å². The van der Waals surface area contributed by atoms with E-state index in [1.807, 2.05) is 25.3 Å². The van der Waals surface area contributed by atoms with E-state index in [9.17, 15) is 0 Å². The van der Waals surface area contributed by atoms with Crippen molar-refractivity contribution in [2.24, 2.45) is 0 Å². The summed E-state index contributed by atoms with van der Waals surface area (Å²) in [6.45, 7) is 7.97. The normalized spacial score (nSPS) is 15.4. The molecule has 0 aliphatic carbocycles. The molecule has 0 bridgehead atoms. The zero-order chi connectivity index (χ0) is 10.1. The van der Waals surface area contributed by atoms with Crippen LogP contribution in [0.4, 0.5) is 5.69 Å². The minimum atomic E-state index is 0.950. The van der Waals surface area contributed by atoms with Crippen LogP contribution in [0, 0.1) is 0 Å². The average molecular weight is 183 g/mol. The van der Waals surface area contributed by atoms with Crippen molar-refractivity contribution < 1.29 is 0 Å². The molecule has 1 heteroatoms. The van der Waals surface area contributed by atoms with Gasteiger partial charge in [-0.3, -0.25) is 0 Å². The van der Waals surface area contributed by atoms with Gasteiger partial charge in [0.15, 0.2) is 0 Å². The van der Waals surface area contributed by atoms with Crippen LogP contribution < -0.4 is 4.90 Å². The Morgan fingerprint density at radius 3 is 2.57 bits per heavy atom. The molecular weight excluding hydrogens is 170 g/mol. The first kappa shape index (κ1) is 8.82. The van der Waals surface area contributed by atoms with Gasteiger partial charge in [-0.05, 0) is 17.2 Å². The summed E-state index contributed by atoms with van der Waals surface area (Å²) in [4.78, 5) is 2.07. The van der Waals surface area contributed by atoms with Gasteiger partial charge in [-0.25, -0.2) is 0 Å². The predicted octanol–water partition coefficient (Wildman–Crippen LogP) is 3.22. The van der Waals surface area contributed by atoms with E-state index < -0.39 is 0 Å². The molecule has 1 aromatic carbocycles. The van der Waals surface area contributed by atoms with E-state index in [4.69, 9.17) is 0 Å². The Morgan fingerprint density at radius 1 is 1.07 bits per heavy atom. The number of nitrogens with zero attached hydrogens (tertiary/aromatic N) is 1. The topological polar surface area (TPSA) is 3.24 Å². The van der Waals surface area contributed by atoms with E-state index in [0.29, 0.717) is 0 Å². The number of benzene rings is 1. The average Bonchev–Trinajstić information content (AvgIpc) is 2.32. The van der Waals surface area contributed by atoms with Crippen LogP contribution in [0.15, 0.2) is 54.8 Å². The molecule has 0 unspecified atom stereocenters. The van der Waals surface area contributed by atoms with Crippen molar-refractivity contribution in [3.63, 3.8) is 0 Å². The molecule has 14 heavy (non-hydrogen) atoms. The van der Waals surface area contributed by atoms with Gasteiger partial charge in [-0.2, -0.15) is 0 Å². The van der Waals surface area contributed by atoms with Crippen molar-refractivity contribution in [1.29, 1.82) is 0 Å². The van der Waals surface area contributed by atoms with Crippen molar-refractivity contribution >= 4 is 11.8 Å². The lowest BCUT2D eigenvalue weighted by atomic mass is 10.1. The second-order valence-corrected chi connectivity index (χ2v) is 3.42. The van der Waals surface area contributed by atoms with E-state index >= 15 is 0 Å². The van der Waals surface area contributed by atoms with Crippen molar-refractivity contribution in [2.45, 2.75) is 0 Å². The number of rotatable bonds is 0. The van der Waals surface area contributed by atoms with Crippen LogP contribution in [0.5, 0.6) is 0 Å². The lowest BCUT2D eigenvalue weighted by molar-refractivity contribution is 1.13. The maximum Gasteiger partial charge on any atom is 0.0481 e. The first-order valence-corrected chi connectivity index (χ1v) is 4.59. The molecule has 1 aliphatic rings. The number of hydrogen-bond donors (Lipinski definition) is 0. The maximum absolute atomic E-state index is 4.01. The highest BCUT2D eigenvalue weighted by Crippen LogP contribution is 2.29. The SMILES string of the molecule is C=C1C=Cc2ccccc2N(C)C1=C. The second-order valence-electron chi connectivity index (χ2n) is 3.42. The number of fused-ring (bicyclic) bond motifs is 1. The third-order valence-electron chi connectivity index (χ3n) is 2.54. The van der Waals surface area contributed by atoms with Gasteiger partial charge in [-0.1, -0.05) is 43.5 Å². The summed E-state index contributed by atoms with van der Waals surface area (Å²) in [7, 11) is 2.01. The van der Waals surface area contributed by atoms with E-state index in [2.05, 4.69) is 36.3 Å². The Labute approximate surface area is 84.7 Å². The molecule has 0 radical (unpaired) electrons. The summed E-state index contributed by atoms with van der Waals surface area (Å²) in [5.74, 6) is 0. The minimum absolute atomic E-state index is 0.950. The summed E-state index contributed by atoms with van der Waals surface area (Å²) in [6, 6.07) is 8.25. The molecule has 1 aliphatic heterocycles. The zero-order valence-electron chi connectivity index (χ0n) is 8.33. The van der Waals surface area contributed by atoms with Crippen molar-refractivity contribution in [3.05, 3.63) is 60.3 Å². The van der Waals surface area contributed by atoms with E-state index in [1.165, 1.54) is 11.3 Å². The standard InChI is InChI=1S/C13H13N/c1-10-8-9-12-6-4-5-7-13(12)14(3)11(10)2/h4-9H,1-2H2,3H3. The van der Waals surface area contributed by atoms with E-state index in [0.717, 1.165) is 11.3 Å². The van der Waals surface area contributed by atoms with Gasteiger partial charge in [0.1, 0.15) is 0 Å². The lowest BCUT2D eigenvalue weighted by Gasteiger charge is -2.21. The molecular formula is C13H13N. The monoisotopic (exact) mass is 183 g/mol. The summed E-state index contributed by atoms with van der Waals surface area (Å²) in [5.41, 5.74) is 4.29. The van der Waals surface area contributed by atoms with Crippen LogP contribution >= 0.6 is 0 Å². The zero-order valence-corrected chi connectivity index (χ0v) is 8.33. The van der Waals surface area contributed by atoms with Gasteiger partial charge < -0.3 is 4.90 Å². The molecule has 0 aromatic heterocycles. The molecule has 0 fully saturated rings. The summed E-state index contributed by atoms with van der Waals surface area (Å²) in [6.07, 6.45) is 4.08. The quantitative estimate of drug-likeness (QED) is 0.597. The molecule has 70 valence electrons. The van der Waals surface area contributed by atoms with E-state index in [-0.39, 0.29) is 0 Å². The Hall–Kier alpha value is -1.76. The minimum Gasteiger partial charge on any atom is -0.344 e. The number of anilines is 1. The summed E-state index contributed by atoms with van der Waals surface area (Å²) in [5, 5.41) is 0. The van der Waals surface area contributed by atoms with Crippen LogP contribution in [0.1, 0.15) is 5.56 Å². The Balaban J connectivity index is 2.60. The molecule has 0 amide bonds. The van der Waals surface area contributed by atoms with Crippen molar-refractivity contribution in [2.75, 3.05) is 11.9 Å². The molecule has 1 nitrogen and oxygen atoms in total. The van der Waals surface area contributed by atoms with Gasteiger partial charge in [0, 0.05) is 18.4 Å². The smallest absolute Gasteiger partial charge is 0.0481 e. The fourth-order valence-electron chi connectivity index (χ4n) is 1.58. The third kappa shape index (κ3) is 1.27. The number of para-hydroxylation sites is 1. The fourth-order valence-corrected chi connectivity index (χ4v) is 1.58. The van der Waals surface area contributed by atoms with Gasteiger partial charge in [0.2, 0.25) is 0 Å². The third-order valence-corrected chi connectivity index (χ3v) is 2.54. The van der Waals surface area contributed by atoms with Crippen LogP contribution in [-0.4, -0.2) is 7.05 Å². The number of likely N-dealkylation sites (N-methyl/N-ethyl adjacent to an activating group) is 1. The van der Waals surface area contributed by atoms with E-state index in [1.54, 1.807) is 0 Å². The lowest BCUT2D eigenvalue weighted by Crippen LogP contribution is -2.15. The molecule has 1 aromatic rings. The van der Waals surface area contributed by atoms with Gasteiger partial charge in [0.25, 0.3) is 0 Å². The first-order valence-electron chi connectivity index (χ1n) is 4.59. The molecule has 0 atom stereocenters. The first-order chi connectivity index (χ1) is 6.70. The fraction of sp³-hybridized carbons (Fsp3) is 0.0769. The molecule has 0 N–H and O–H groups in total. The maximum atomic E-state index is 4.01. The Bertz CT molecular complexity index is 427. The van der Waals surface area contributed by atoms with Gasteiger partial charge in [0.05, 0.1) is 0 Å². The second kappa shape index (κ2) is 3.18.